The summed E-state index contributed by atoms with van der Waals surface area (Å²) in [6.07, 6.45) is 14.0. The van der Waals surface area contributed by atoms with Crippen molar-refractivity contribution in [2.24, 2.45) is 34.5 Å². The maximum Gasteiger partial charge on any atom is 0.0750 e. The highest BCUT2D eigenvalue weighted by atomic mass is 14.6. The molecular weight excluding hydrogens is 275 g/mol. The molecule has 0 aromatic carbocycles. The molecule has 0 heterocycles. The van der Waals surface area contributed by atoms with Crippen molar-refractivity contribution in [2.75, 3.05) is 0 Å². The molecule has 0 bridgehead atoms. The molecule has 7 unspecified atom stereocenters. The highest BCUT2D eigenvalue weighted by molar-refractivity contribution is 6.15. The van der Waals surface area contributed by atoms with E-state index < -0.39 is 0 Å². The van der Waals surface area contributed by atoms with Crippen LogP contribution >= 0.6 is 0 Å². The third kappa shape index (κ3) is 2.83. The van der Waals surface area contributed by atoms with E-state index in [1.165, 1.54) is 64.2 Å². The normalized spacial score (nSPS) is 55.0. The highest BCUT2D eigenvalue weighted by Gasteiger charge is 2.56. The minimum absolute atomic E-state index is 0.0101. The largest absolute Gasteiger partial charge is 0.0750 e. The van der Waals surface area contributed by atoms with Gasteiger partial charge < -0.3 is 0 Å². The maximum absolute atomic E-state index is 7.19. The van der Waals surface area contributed by atoms with E-state index in [-0.39, 0.29) is 5.31 Å². The molecule has 3 aliphatic rings. The van der Waals surface area contributed by atoms with Gasteiger partial charge in [0, 0.05) is 0 Å². The highest BCUT2D eigenvalue weighted by Crippen LogP contribution is 2.68. The van der Waals surface area contributed by atoms with Crippen molar-refractivity contribution in [1.82, 2.24) is 0 Å². The third-order valence-electron chi connectivity index (χ3n) is 9.25. The Bertz CT molecular complexity index is 428. The van der Waals surface area contributed by atoms with E-state index in [9.17, 15) is 0 Å². The molecule has 3 fully saturated rings. The van der Waals surface area contributed by atoms with Crippen molar-refractivity contribution in [1.29, 1.82) is 0 Å². The van der Waals surface area contributed by atoms with Gasteiger partial charge in [-0.1, -0.05) is 78.5 Å². The zero-order valence-electron chi connectivity index (χ0n) is 16.5. The van der Waals surface area contributed by atoms with Gasteiger partial charge in [-0.3, -0.25) is 0 Å². The molecule has 0 amide bonds. The third-order valence-corrected chi connectivity index (χ3v) is 9.25. The Labute approximate surface area is 147 Å². The van der Waals surface area contributed by atoms with Crippen molar-refractivity contribution >= 4 is 7.85 Å². The Morgan fingerprint density at radius 1 is 0.739 bits per heavy atom. The van der Waals surface area contributed by atoms with Crippen LogP contribution in [0.3, 0.4) is 0 Å². The molecule has 23 heavy (non-hydrogen) atoms. The summed E-state index contributed by atoms with van der Waals surface area (Å²) in [5, 5.41) is -0.0101. The standard InChI is InChI=1S/C22H39B/c1-16-9-6-11-18(16)19-15-22(5,23)21(4)14-8-13-20(21,3)12-7-10-17(19)2/h16-19H,6-15H2,1-5H3. The van der Waals surface area contributed by atoms with Gasteiger partial charge in [0.05, 0.1) is 7.85 Å². The Morgan fingerprint density at radius 3 is 2.00 bits per heavy atom. The molecule has 0 aromatic rings. The second kappa shape index (κ2) is 6.10. The van der Waals surface area contributed by atoms with Gasteiger partial charge in [0.1, 0.15) is 0 Å². The SMILES string of the molecule is [B]C1(C)CC(C2CCCC2C)C(C)CCCC2(C)CCCC12C. The van der Waals surface area contributed by atoms with Crippen LogP contribution in [0.25, 0.3) is 0 Å². The van der Waals surface area contributed by atoms with E-state index >= 15 is 0 Å². The lowest BCUT2D eigenvalue weighted by molar-refractivity contribution is 0.0343. The molecule has 130 valence electrons. The molecular formula is C22H39B. The maximum atomic E-state index is 7.19. The Kier molecular flexibility index (Phi) is 4.74. The van der Waals surface area contributed by atoms with Crippen molar-refractivity contribution in [2.45, 2.75) is 104 Å². The first-order valence-corrected chi connectivity index (χ1v) is 10.5. The number of hydrogen-bond acceptors (Lipinski definition) is 0. The van der Waals surface area contributed by atoms with E-state index in [2.05, 4.69) is 34.6 Å². The van der Waals surface area contributed by atoms with Crippen molar-refractivity contribution < 1.29 is 0 Å². The Morgan fingerprint density at radius 2 is 1.35 bits per heavy atom. The minimum atomic E-state index is -0.0101. The summed E-state index contributed by atoms with van der Waals surface area (Å²) in [6, 6.07) is 0. The van der Waals surface area contributed by atoms with Crippen molar-refractivity contribution in [3.05, 3.63) is 0 Å². The van der Waals surface area contributed by atoms with Gasteiger partial charge in [-0.15, -0.1) is 0 Å². The molecule has 0 aromatic heterocycles. The van der Waals surface area contributed by atoms with Gasteiger partial charge in [-0.25, -0.2) is 0 Å². The fourth-order valence-electron chi connectivity index (χ4n) is 7.11. The molecule has 0 nitrogen and oxygen atoms in total. The summed E-state index contributed by atoms with van der Waals surface area (Å²) < 4.78 is 0. The van der Waals surface area contributed by atoms with Crippen LogP contribution in [0.2, 0.25) is 5.31 Å². The van der Waals surface area contributed by atoms with Gasteiger partial charge >= 0.3 is 0 Å². The molecule has 3 aliphatic carbocycles. The number of fused-ring (bicyclic) bond motifs is 1. The molecule has 2 radical (unpaired) electrons. The van der Waals surface area contributed by atoms with E-state index in [0.29, 0.717) is 10.8 Å². The smallest absolute Gasteiger partial charge is 0.0671 e. The van der Waals surface area contributed by atoms with Crippen LogP contribution in [-0.2, 0) is 0 Å². The molecule has 0 saturated heterocycles. The quantitative estimate of drug-likeness (QED) is 0.467. The monoisotopic (exact) mass is 314 g/mol. The van der Waals surface area contributed by atoms with E-state index in [4.69, 9.17) is 7.85 Å². The Hall–Kier alpha value is 0.0649. The van der Waals surface area contributed by atoms with Gasteiger partial charge in [-0.2, -0.15) is 0 Å². The van der Waals surface area contributed by atoms with Gasteiger partial charge in [-0.05, 0) is 60.2 Å². The summed E-state index contributed by atoms with van der Waals surface area (Å²) in [7, 11) is 7.19. The molecule has 7 atom stereocenters. The predicted molar refractivity (Wildman–Crippen MR) is 102 cm³/mol. The summed E-state index contributed by atoms with van der Waals surface area (Å²) in [4.78, 5) is 0. The summed E-state index contributed by atoms with van der Waals surface area (Å²) >= 11 is 0. The number of hydrogen-bond donors (Lipinski definition) is 0. The van der Waals surface area contributed by atoms with E-state index in [0.717, 1.165) is 23.7 Å². The van der Waals surface area contributed by atoms with Crippen molar-refractivity contribution in [3.8, 4) is 0 Å². The first-order valence-electron chi connectivity index (χ1n) is 10.5. The van der Waals surface area contributed by atoms with Gasteiger partial charge in [0.25, 0.3) is 0 Å². The number of rotatable bonds is 1. The van der Waals surface area contributed by atoms with Crippen LogP contribution in [0.15, 0.2) is 0 Å². The summed E-state index contributed by atoms with van der Waals surface area (Å²) in [6.45, 7) is 12.6. The zero-order valence-corrected chi connectivity index (χ0v) is 16.5. The summed E-state index contributed by atoms with van der Waals surface area (Å²) in [5.74, 6) is 3.56. The summed E-state index contributed by atoms with van der Waals surface area (Å²) in [5.41, 5.74) is 0.788. The molecule has 0 N–H and O–H groups in total. The second-order valence-electron chi connectivity index (χ2n) is 10.5. The second-order valence-corrected chi connectivity index (χ2v) is 10.5. The molecule has 3 saturated carbocycles. The average molecular weight is 314 g/mol. The average Bonchev–Trinajstić information content (AvgIpc) is 3.01. The molecule has 3 rings (SSSR count). The molecule has 1 heteroatoms. The first kappa shape index (κ1) is 17.9. The van der Waals surface area contributed by atoms with Crippen LogP contribution in [0.5, 0.6) is 0 Å². The first-order chi connectivity index (χ1) is 10.7. The molecule has 0 spiro atoms. The van der Waals surface area contributed by atoms with Crippen LogP contribution in [0.1, 0.15) is 98.8 Å². The molecule has 0 aliphatic heterocycles. The van der Waals surface area contributed by atoms with E-state index in [1.54, 1.807) is 0 Å². The van der Waals surface area contributed by atoms with Gasteiger partial charge in [0.2, 0.25) is 0 Å². The van der Waals surface area contributed by atoms with Crippen LogP contribution in [0.4, 0.5) is 0 Å². The lowest BCUT2D eigenvalue weighted by atomic mass is 9.43. The van der Waals surface area contributed by atoms with Crippen LogP contribution in [-0.4, -0.2) is 7.85 Å². The fourth-order valence-corrected chi connectivity index (χ4v) is 7.11. The topological polar surface area (TPSA) is 0 Å². The Balaban J connectivity index is 1.93. The van der Waals surface area contributed by atoms with E-state index in [1.807, 2.05) is 0 Å². The lowest BCUT2D eigenvalue weighted by Crippen LogP contribution is -2.43. The lowest BCUT2D eigenvalue weighted by Gasteiger charge is -2.54. The zero-order chi connectivity index (χ0) is 16.9. The van der Waals surface area contributed by atoms with Crippen molar-refractivity contribution in [3.63, 3.8) is 0 Å². The fraction of sp³-hybridized carbons (Fsp3) is 1.00. The van der Waals surface area contributed by atoms with Gasteiger partial charge in [0.15, 0.2) is 0 Å². The predicted octanol–water partition coefficient (Wildman–Crippen LogP) is 6.79. The van der Waals surface area contributed by atoms with Crippen LogP contribution in [0, 0.1) is 34.5 Å². The minimum Gasteiger partial charge on any atom is -0.0671 e. The van der Waals surface area contributed by atoms with Crippen LogP contribution < -0.4 is 0 Å².